The highest BCUT2D eigenvalue weighted by molar-refractivity contribution is 6.19. The van der Waals surface area contributed by atoms with Crippen LogP contribution >= 0.6 is 11.6 Å². The molecule has 1 aliphatic heterocycles. The molecule has 0 saturated carbocycles. The van der Waals surface area contributed by atoms with Crippen molar-refractivity contribution in [2.24, 2.45) is 12.5 Å². The minimum atomic E-state index is -0.488. The van der Waals surface area contributed by atoms with E-state index in [2.05, 4.69) is 4.98 Å². The van der Waals surface area contributed by atoms with Crippen LogP contribution in [0, 0.1) is 5.41 Å². The van der Waals surface area contributed by atoms with Crippen molar-refractivity contribution in [2.45, 2.75) is 26.8 Å². The van der Waals surface area contributed by atoms with Gasteiger partial charge in [-0.1, -0.05) is 0 Å². The van der Waals surface area contributed by atoms with Gasteiger partial charge >= 0.3 is 0 Å². The fraction of sp³-hybridized carbons (Fsp3) is 0.667. The summed E-state index contributed by atoms with van der Waals surface area (Å²) in [6.07, 6.45) is 2.64. The van der Waals surface area contributed by atoms with Crippen molar-refractivity contribution in [3.63, 3.8) is 0 Å². The maximum atomic E-state index is 12.3. The zero-order chi connectivity index (χ0) is 12.6. The quantitative estimate of drug-likeness (QED) is 0.753. The molecule has 0 N–H and O–H groups in total. The van der Waals surface area contributed by atoms with Crippen LogP contribution in [0.4, 0.5) is 0 Å². The molecule has 1 aromatic rings. The Morgan fingerprint density at radius 2 is 2.29 bits per heavy atom. The molecule has 0 aromatic carbocycles. The zero-order valence-electron chi connectivity index (χ0n) is 10.5. The monoisotopic (exact) mass is 255 g/mol. The molecule has 2 heterocycles. The predicted molar refractivity (Wildman–Crippen MR) is 66.8 cm³/mol. The van der Waals surface area contributed by atoms with Crippen LogP contribution in [-0.2, 0) is 24.8 Å². The van der Waals surface area contributed by atoms with Crippen molar-refractivity contribution in [3.8, 4) is 0 Å². The average molecular weight is 256 g/mol. The molecule has 0 aliphatic carbocycles. The molecule has 2 rings (SSSR count). The number of imidazole rings is 1. The minimum Gasteiger partial charge on any atom is -0.336 e. The summed E-state index contributed by atoms with van der Waals surface area (Å²) >= 11 is 5.85. The predicted octanol–water partition coefficient (Wildman–Crippen LogP) is 1.57. The van der Waals surface area contributed by atoms with Crippen molar-refractivity contribution in [2.75, 3.05) is 12.4 Å². The number of carbonyl (C=O) groups excluding carboxylic acids is 1. The van der Waals surface area contributed by atoms with Gasteiger partial charge in [0.2, 0.25) is 5.91 Å². The lowest BCUT2D eigenvalue weighted by Gasteiger charge is -2.33. The second-order valence-corrected chi connectivity index (χ2v) is 5.51. The van der Waals surface area contributed by atoms with Gasteiger partial charge in [-0.05, 0) is 13.8 Å². The van der Waals surface area contributed by atoms with Crippen LogP contribution in [0.1, 0.15) is 25.2 Å². The third kappa shape index (κ3) is 2.18. The van der Waals surface area contributed by atoms with E-state index in [-0.39, 0.29) is 5.91 Å². The number of hydrogen-bond donors (Lipinski definition) is 0. The zero-order valence-corrected chi connectivity index (χ0v) is 11.3. The topological polar surface area (TPSA) is 38.1 Å². The Hall–Kier alpha value is -1.03. The Balaban J connectivity index is 2.18. The SMILES string of the molecule is Cn1cnc2c1CN(C(=O)C(C)(C)CCl)CC2. The molecule has 1 aromatic heterocycles. The number of fused-ring (bicyclic) bond motifs is 1. The number of hydrogen-bond acceptors (Lipinski definition) is 2. The summed E-state index contributed by atoms with van der Waals surface area (Å²) in [5, 5.41) is 0. The minimum absolute atomic E-state index is 0.124. The van der Waals surface area contributed by atoms with E-state index in [9.17, 15) is 4.79 Å². The van der Waals surface area contributed by atoms with Crippen molar-refractivity contribution in [1.29, 1.82) is 0 Å². The molecule has 5 heteroatoms. The number of rotatable bonds is 2. The van der Waals surface area contributed by atoms with E-state index in [0.717, 1.165) is 24.4 Å². The van der Waals surface area contributed by atoms with Gasteiger partial charge in [-0.3, -0.25) is 4.79 Å². The molecule has 0 spiro atoms. The first-order valence-electron chi connectivity index (χ1n) is 5.80. The normalized spacial score (nSPS) is 15.9. The first-order chi connectivity index (χ1) is 7.95. The first kappa shape index (κ1) is 12.4. The summed E-state index contributed by atoms with van der Waals surface area (Å²) < 4.78 is 1.99. The van der Waals surface area contributed by atoms with E-state index in [1.807, 2.05) is 36.7 Å². The van der Waals surface area contributed by atoms with Crippen LogP contribution in [0.5, 0.6) is 0 Å². The number of halogens is 1. The summed E-state index contributed by atoms with van der Waals surface area (Å²) in [6, 6.07) is 0. The first-order valence-corrected chi connectivity index (χ1v) is 6.33. The lowest BCUT2D eigenvalue weighted by molar-refractivity contribution is -0.140. The number of nitrogens with zero attached hydrogens (tertiary/aromatic N) is 3. The summed E-state index contributed by atoms with van der Waals surface area (Å²) in [4.78, 5) is 18.5. The van der Waals surface area contributed by atoms with Crippen molar-refractivity contribution in [3.05, 3.63) is 17.7 Å². The van der Waals surface area contributed by atoms with Crippen molar-refractivity contribution < 1.29 is 4.79 Å². The Morgan fingerprint density at radius 3 is 2.94 bits per heavy atom. The molecule has 17 heavy (non-hydrogen) atoms. The molecule has 0 saturated heterocycles. The molecule has 0 atom stereocenters. The van der Waals surface area contributed by atoms with Crippen LogP contribution < -0.4 is 0 Å². The Bertz CT molecular complexity index is 439. The molecule has 1 aliphatic rings. The fourth-order valence-corrected chi connectivity index (χ4v) is 2.19. The van der Waals surface area contributed by atoms with E-state index >= 15 is 0 Å². The maximum Gasteiger partial charge on any atom is 0.229 e. The molecule has 0 unspecified atom stereocenters. The third-order valence-corrected chi connectivity index (χ3v) is 3.97. The summed E-state index contributed by atoms with van der Waals surface area (Å²) in [6.45, 7) is 5.16. The van der Waals surface area contributed by atoms with Gasteiger partial charge in [0.15, 0.2) is 0 Å². The van der Waals surface area contributed by atoms with Gasteiger partial charge in [0, 0.05) is 25.9 Å². The molecular formula is C12H18ClN3O. The second kappa shape index (κ2) is 4.33. The molecule has 1 amide bonds. The number of aryl methyl sites for hydroxylation is 1. The molecule has 4 nitrogen and oxygen atoms in total. The van der Waals surface area contributed by atoms with Crippen molar-refractivity contribution >= 4 is 17.5 Å². The van der Waals surface area contributed by atoms with Crippen molar-refractivity contribution in [1.82, 2.24) is 14.5 Å². The molecule has 0 bridgehead atoms. The summed E-state index contributed by atoms with van der Waals surface area (Å²) in [7, 11) is 1.96. The highest BCUT2D eigenvalue weighted by atomic mass is 35.5. The van der Waals surface area contributed by atoms with Gasteiger partial charge in [-0.25, -0.2) is 4.98 Å². The number of carbonyl (C=O) groups is 1. The van der Waals surface area contributed by atoms with Crippen LogP contribution in [0.25, 0.3) is 0 Å². The Labute approximate surface area is 107 Å². The highest BCUT2D eigenvalue weighted by Crippen LogP contribution is 2.25. The standard InChI is InChI=1S/C12H18ClN3O/c1-12(2,7-13)11(17)16-5-4-9-10(6-16)15(3)8-14-9/h8H,4-7H2,1-3H3. The van der Waals surface area contributed by atoms with Gasteiger partial charge in [0.1, 0.15) is 0 Å². The second-order valence-electron chi connectivity index (χ2n) is 5.24. The van der Waals surface area contributed by atoms with E-state index in [0.29, 0.717) is 12.4 Å². The smallest absolute Gasteiger partial charge is 0.229 e. The average Bonchev–Trinajstić information content (AvgIpc) is 2.69. The Morgan fingerprint density at radius 1 is 1.59 bits per heavy atom. The van der Waals surface area contributed by atoms with Crippen LogP contribution in [0.2, 0.25) is 0 Å². The van der Waals surface area contributed by atoms with Crippen LogP contribution in [0.15, 0.2) is 6.33 Å². The summed E-state index contributed by atoms with van der Waals surface area (Å²) in [5.74, 6) is 0.472. The molecule has 94 valence electrons. The summed E-state index contributed by atoms with van der Waals surface area (Å²) in [5.41, 5.74) is 1.76. The van der Waals surface area contributed by atoms with Gasteiger partial charge in [0.05, 0.1) is 29.7 Å². The number of alkyl halides is 1. The van der Waals surface area contributed by atoms with Gasteiger partial charge in [-0.2, -0.15) is 0 Å². The highest BCUT2D eigenvalue weighted by Gasteiger charge is 2.33. The van der Waals surface area contributed by atoms with E-state index in [1.165, 1.54) is 0 Å². The van der Waals surface area contributed by atoms with Gasteiger partial charge in [-0.15, -0.1) is 11.6 Å². The van der Waals surface area contributed by atoms with Crippen LogP contribution in [0.3, 0.4) is 0 Å². The fourth-order valence-electron chi connectivity index (χ4n) is 2.07. The van der Waals surface area contributed by atoms with Crippen LogP contribution in [-0.4, -0.2) is 32.8 Å². The lowest BCUT2D eigenvalue weighted by atomic mass is 9.93. The number of amides is 1. The maximum absolute atomic E-state index is 12.3. The third-order valence-electron chi connectivity index (χ3n) is 3.31. The number of aromatic nitrogens is 2. The van der Waals surface area contributed by atoms with E-state index in [1.54, 1.807) is 0 Å². The molecule has 0 radical (unpaired) electrons. The Kier molecular flexibility index (Phi) is 3.17. The largest absolute Gasteiger partial charge is 0.336 e. The molecule has 0 fully saturated rings. The lowest BCUT2D eigenvalue weighted by Crippen LogP contribution is -2.44. The van der Waals surface area contributed by atoms with E-state index < -0.39 is 5.41 Å². The van der Waals surface area contributed by atoms with E-state index in [4.69, 9.17) is 11.6 Å². The van der Waals surface area contributed by atoms with Gasteiger partial charge in [0.25, 0.3) is 0 Å². The van der Waals surface area contributed by atoms with Gasteiger partial charge < -0.3 is 9.47 Å². The molecular weight excluding hydrogens is 238 g/mol.